The summed E-state index contributed by atoms with van der Waals surface area (Å²) < 4.78 is 0. The van der Waals surface area contributed by atoms with Crippen molar-refractivity contribution in [3.05, 3.63) is 12.7 Å². The Morgan fingerprint density at radius 2 is 2.09 bits per heavy atom. The maximum absolute atomic E-state index is 12.6. The number of carbonyl (C=O) groups excluding carboxylic acids is 2. The largest absolute Gasteiger partial charge is 0.391 e. The van der Waals surface area contributed by atoms with Crippen LogP contribution in [-0.2, 0) is 9.59 Å². The average molecular weight is 322 g/mol. The minimum atomic E-state index is -0.589. The summed E-state index contributed by atoms with van der Waals surface area (Å²) >= 11 is 0. The van der Waals surface area contributed by atoms with Crippen LogP contribution in [0.15, 0.2) is 12.7 Å². The first-order chi connectivity index (χ1) is 11.0. The number of unbranched alkanes of at least 4 members (excludes halogenated alkanes) is 3. The van der Waals surface area contributed by atoms with Gasteiger partial charge >= 0.3 is 0 Å². The molecule has 0 radical (unpaired) electrons. The Hall–Kier alpha value is -1.36. The van der Waals surface area contributed by atoms with Gasteiger partial charge in [-0.25, -0.2) is 0 Å². The molecule has 5 heteroatoms. The minimum Gasteiger partial charge on any atom is -0.391 e. The van der Waals surface area contributed by atoms with Crippen LogP contribution in [0.1, 0.15) is 58.3 Å². The predicted octanol–water partition coefficient (Wildman–Crippen LogP) is 2.00. The van der Waals surface area contributed by atoms with E-state index in [1.807, 2.05) is 13.0 Å². The molecule has 2 N–H and O–H groups in total. The molecule has 0 aromatic carbocycles. The van der Waals surface area contributed by atoms with E-state index in [1.54, 1.807) is 4.90 Å². The van der Waals surface area contributed by atoms with Crippen molar-refractivity contribution in [3.8, 4) is 0 Å². The maximum Gasteiger partial charge on any atom is 0.243 e. The quantitative estimate of drug-likeness (QED) is 0.504. The topological polar surface area (TPSA) is 69.6 Å². The molecule has 2 rings (SSSR count). The number of nitrogens with one attached hydrogen (secondary N) is 1. The highest BCUT2D eigenvalue weighted by atomic mass is 16.3. The fourth-order valence-corrected chi connectivity index (χ4v) is 3.15. The molecule has 0 aromatic heterocycles. The van der Waals surface area contributed by atoms with Crippen LogP contribution in [0.25, 0.3) is 0 Å². The number of amides is 2. The normalized spacial score (nSPS) is 25.2. The van der Waals surface area contributed by atoms with Crippen molar-refractivity contribution in [3.63, 3.8) is 0 Å². The van der Waals surface area contributed by atoms with Crippen LogP contribution in [0.3, 0.4) is 0 Å². The van der Waals surface area contributed by atoms with Gasteiger partial charge in [0, 0.05) is 24.9 Å². The van der Waals surface area contributed by atoms with Crippen molar-refractivity contribution in [2.24, 2.45) is 5.92 Å². The van der Waals surface area contributed by atoms with E-state index >= 15 is 0 Å². The Balaban J connectivity index is 1.82. The van der Waals surface area contributed by atoms with Crippen LogP contribution in [0.4, 0.5) is 0 Å². The van der Waals surface area contributed by atoms with Gasteiger partial charge in [0.15, 0.2) is 0 Å². The zero-order chi connectivity index (χ0) is 16.8. The third-order valence-electron chi connectivity index (χ3n) is 4.76. The number of nitrogens with zero attached hydrogens (tertiary/aromatic N) is 1. The first kappa shape index (κ1) is 18.0. The molecule has 23 heavy (non-hydrogen) atoms. The fourth-order valence-electron chi connectivity index (χ4n) is 3.15. The summed E-state index contributed by atoms with van der Waals surface area (Å²) in [5.74, 6) is -0.197. The monoisotopic (exact) mass is 322 g/mol. The number of hydrogen-bond donors (Lipinski definition) is 2. The number of carbonyl (C=O) groups is 2. The van der Waals surface area contributed by atoms with Crippen molar-refractivity contribution < 1.29 is 14.7 Å². The van der Waals surface area contributed by atoms with Gasteiger partial charge in [0.05, 0.1) is 6.10 Å². The van der Waals surface area contributed by atoms with Crippen molar-refractivity contribution in [2.45, 2.75) is 76.5 Å². The SMILES string of the molecule is C=CCCCCC[C@H](C)C(=O)N1C[C@@H](O)C[C@H]1C(=O)NC1CC1. The molecule has 1 saturated carbocycles. The van der Waals surface area contributed by atoms with E-state index in [1.165, 1.54) is 0 Å². The standard InChI is InChI=1S/C18H30N2O3/c1-3-4-5-6-7-8-13(2)18(23)20-12-15(21)11-16(20)17(22)19-14-9-10-14/h3,13-16,21H,1,4-12H2,2H3,(H,19,22)/t13-,15-,16-/m0/s1. The van der Waals surface area contributed by atoms with Crippen LogP contribution in [0, 0.1) is 5.92 Å². The Bertz CT molecular complexity index is 434. The van der Waals surface area contributed by atoms with E-state index in [-0.39, 0.29) is 30.3 Å². The number of likely N-dealkylation sites (tertiary alicyclic amines) is 1. The van der Waals surface area contributed by atoms with Gasteiger partial charge in [0.1, 0.15) is 6.04 Å². The number of allylic oxidation sites excluding steroid dienone is 1. The lowest BCUT2D eigenvalue weighted by molar-refractivity contribution is -0.141. The second-order valence-electron chi connectivity index (χ2n) is 7.01. The zero-order valence-corrected chi connectivity index (χ0v) is 14.2. The molecule has 1 aliphatic heterocycles. The third-order valence-corrected chi connectivity index (χ3v) is 4.76. The van der Waals surface area contributed by atoms with Gasteiger partial charge in [0.25, 0.3) is 0 Å². The molecule has 1 heterocycles. The highest BCUT2D eigenvalue weighted by Crippen LogP contribution is 2.25. The van der Waals surface area contributed by atoms with E-state index in [2.05, 4.69) is 11.9 Å². The van der Waals surface area contributed by atoms with E-state index in [0.29, 0.717) is 6.42 Å². The minimum absolute atomic E-state index is 0.00113. The smallest absolute Gasteiger partial charge is 0.243 e. The zero-order valence-electron chi connectivity index (χ0n) is 14.2. The second kappa shape index (κ2) is 8.48. The van der Waals surface area contributed by atoms with Crippen LogP contribution >= 0.6 is 0 Å². The molecule has 1 aliphatic carbocycles. The molecule has 0 spiro atoms. The second-order valence-corrected chi connectivity index (χ2v) is 7.01. The van der Waals surface area contributed by atoms with Crippen LogP contribution < -0.4 is 5.32 Å². The Morgan fingerprint density at radius 1 is 1.35 bits per heavy atom. The summed E-state index contributed by atoms with van der Waals surface area (Å²) in [6, 6.07) is -0.221. The highest BCUT2D eigenvalue weighted by molar-refractivity contribution is 5.89. The number of β-amino-alcohol motifs (C(OH)–C–C–N with tert-alkyl or cyclic N) is 1. The summed E-state index contributed by atoms with van der Waals surface area (Å²) in [5.41, 5.74) is 0. The number of aliphatic hydroxyl groups excluding tert-OH is 1. The summed E-state index contributed by atoms with van der Waals surface area (Å²) in [5, 5.41) is 12.8. The summed E-state index contributed by atoms with van der Waals surface area (Å²) in [6.45, 7) is 5.92. The molecule has 5 nitrogen and oxygen atoms in total. The van der Waals surface area contributed by atoms with Gasteiger partial charge in [-0.05, 0) is 32.1 Å². The van der Waals surface area contributed by atoms with Crippen molar-refractivity contribution in [1.82, 2.24) is 10.2 Å². The Morgan fingerprint density at radius 3 is 2.74 bits per heavy atom. The third kappa shape index (κ3) is 5.34. The van der Waals surface area contributed by atoms with Crippen molar-refractivity contribution in [2.75, 3.05) is 6.54 Å². The molecule has 130 valence electrons. The Kier molecular flexibility index (Phi) is 6.63. The van der Waals surface area contributed by atoms with Crippen LogP contribution in [0.5, 0.6) is 0 Å². The maximum atomic E-state index is 12.6. The molecule has 1 saturated heterocycles. The molecule has 3 atom stereocenters. The van der Waals surface area contributed by atoms with Gasteiger partial charge in [-0.15, -0.1) is 6.58 Å². The van der Waals surface area contributed by atoms with Crippen LogP contribution in [-0.4, -0.2) is 46.6 Å². The Labute approximate surface area is 139 Å². The molecule has 2 fully saturated rings. The van der Waals surface area contributed by atoms with E-state index < -0.39 is 12.1 Å². The lowest BCUT2D eigenvalue weighted by Crippen LogP contribution is -2.48. The summed E-state index contributed by atoms with van der Waals surface area (Å²) in [4.78, 5) is 26.5. The van der Waals surface area contributed by atoms with E-state index in [4.69, 9.17) is 0 Å². The van der Waals surface area contributed by atoms with Gasteiger partial charge in [-0.3, -0.25) is 9.59 Å². The molecule has 0 unspecified atom stereocenters. The molecule has 0 bridgehead atoms. The summed E-state index contributed by atoms with van der Waals surface area (Å²) in [7, 11) is 0. The first-order valence-electron chi connectivity index (χ1n) is 8.92. The number of hydrogen-bond acceptors (Lipinski definition) is 3. The molecular weight excluding hydrogens is 292 g/mol. The van der Waals surface area contributed by atoms with E-state index in [9.17, 15) is 14.7 Å². The van der Waals surface area contributed by atoms with Crippen molar-refractivity contribution >= 4 is 11.8 Å². The molecular formula is C18H30N2O3. The van der Waals surface area contributed by atoms with Crippen LogP contribution in [0.2, 0.25) is 0 Å². The summed E-state index contributed by atoms with van der Waals surface area (Å²) in [6.07, 6.45) is 8.80. The fraction of sp³-hybridized carbons (Fsp3) is 0.778. The van der Waals surface area contributed by atoms with Gasteiger partial charge in [-0.2, -0.15) is 0 Å². The lowest BCUT2D eigenvalue weighted by Gasteiger charge is -2.26. The molecule has 0 aromatic rings. The number of rotatable bonds is 9. The molecule has 2 amide bonds. The molecule has 2 aliphatic rings. The lowest BCUT2D eigenvalue weighted by atomic mass is 10.0. The highest BCUT2D eigenvalue weighted by Gasteiger charge is 2.41. The number of aliphatic hydroxyl groups is 1. The first-order valence-corrected chi connectivity index (χ1v) is 8.92. The predicted molar refractivity (Wildman–Crippen MR) is 89.7 cm³/mol. The van der Waals surface area contributed by atoms with Gasteiger partial charge < -0.3 is 15.3 Å². The van der Waals surface area contributed by atoms with Crippen molar-refractivity contribution in [1.29, 1.82) is 0 Å². The van der Waals surface area contributed by atoms with Gasteiger partial charge in [0.2, 0.25) is 11.8 Å². The van der Waals surface area contributed by atoms with E-state index in [0.717, 1.165) is 44.9 Å². The van der Waals surface area contributed by atoms with Gasteiger partial charge in [-0.1, -0.05) is 25.8 Å². The average Bonchev–Trinajstić information content (AvgIpc) is 3.25.